The molecule has 1 amide bonds. The number of amides is 1. The van der Waals surface area contributed by atoms with E-state index in [0.717, 1.165) is 24.9 Å². The second-order valence-electron chi connectivity index (χ2n) is 5.69. The Bertz CT molecular complexity index is 478. The highest BCUT2D eigenvalue weighted by Crippen LogP contribution is 2.50. The molecule has 0 N–H and O–H groups in total. The van der Waals surface area contributed by atoms with Gasteiger partial charge >= 0.3 is 0 Å². The molecule has 1 aliphatic carbocycles. The average molecular weight is 298 g/mol. The molecule has 1 heterocycles. The van der Waals surface area contributed by atoms with Gasteiger partial charge in [-0.3, -0.25) is 4.79 Å². The highest BCUT2D eigenvalue weighted by atomic mass is 35.5. The number of likely N-dealkylation sites (tertiary alicyclic amines) is 1. The second kappa shape index (κ2) is 4.99. The van der Waals surface area contributed by atoms with Gasteiger partial charge in [-0.25, -0.2) is 0 Å². The van der Waals surface area contributed by atoms with Crippen molar-refractivity contribution in [2.45, 2.75) is 24.3 Å². The van der Waals surface area contributed by atoms with E-state index in [1.165, 1.54) is 0 Å². The molecule has 1 aromatic rings. The average Bonchev–Trinajstić information content (AvgIpc) is 2.86. The van der Waals surface area contributed by atoms with Crippen molar-refractivity contribution in [1.29, 1.82) is 0 Å². The molecule has 3 unspecified atom stereocenters. The first kappa shape index (κ1) is 13.3. The lowest BCUT2D eigenvalue weighted by Crippen LogP contribution is -2.36. The first-order valence-electron chi connectivity index (χ1n) is 6.71. The maximum Gasteiger partial charge on any atom is 0.244 e. The van der Waals surface area contributed by atoms with Gasteiger partial charge in [0, 0.05) is 24.9 Å². The first-order valence-corrected chi connectivity index (χ1v) is 7.63. The van der Waals surface area contributed by atoms with Crippen LogP contribution < -0.4 is 0 Å². The summed E-state index contributed by atoms with van der Waals surface area (Å²) in [6, 6.07) is 10.1. The topological polar surface area (TPSA) is 20.3 Å². The molecule has 1 saturated heterocycles. The van der Waals surface area contributed by atoms with Crippen LogP contribution in [0.5, 0.6) is 0 Å². The summed E-state index contributed by atoms with van der Waals surface area (Å²) in [6.45, 7) is 1.43. The molecule has 102 valence electrons. The molecule has 0 radical (unpaired) electrons. The highest BCUT2D eigenvalue weighted by molar-refractivity contribution is 6.36. The molecule has 2 nitrogen and oxygen atoms in total. The summed E-state index contributed by atoms with van der Waals surface area (Å²) in [5.41, 5.74) is 1.16. The summed E-state index contributed by atoms with van der Waals surface area (Å²) < 4.78 is 0. The molecule has 1 aliphatic heterocycles. The van der Waals surface area contributed by atoms with Gasteiger partial charge in [0.2, 0.25) is 5.91 Å². The van der Waals surface area contributed by atoms with Crippen molar-refractivity contribution in [2.75, 3.05) is 12.4 Å². The van der Waals surface area contributed by atoms with Gasteiger partial charge in [0.25, 0.3) is 0 Å². The Balaban J connectivity index is 1.74. The van der Waals surface area contributed by atoms with Crippen LogP contribution in [0.15, 0.2) is 30.3 Å². The number of rotatable bonds is 3. The largest absolute Gasteiger partial charge is 0.336 e. The Labute approximate surface area is 123 Å². The Hall–Kier alpha value is -0.730. The first-order chi connectivity index (χ1) is 9.13. The second-order valence-corrected chi connectivity index (χ2v) is 6.67. The lowest BCUT2D eigenvalue weighted by molar-refractivity contribution is -0.130. The summed E-state index contributed by atoms with van der Waals surface area (Å²) in [4.78, 5) is 13.7. The number of hydrogen-bond acceptors (Lipinski definition) is 1. The van der Waals surface area contributed by atoms with Crippen LogP contribution >= 0.6 is 23.2 Å². The third-order valence-corrected chi connectivity index (χ3v) is 5.43. The third kappa shape index (κ3) is 2.25. The molecule has 0 bridgehead atoms. The van der Waals surface area contributed by atoms with Crippen LogP contribution in [0.1, 0.15) is 18.4 Å². The Kier molecular flexibility index (Phi) is 3.48. The van der Waals surface area contributed by atoms with E-state index in [0.29, 0.717) is 18.3 Å². The van der Waals surface area contributed by atoms with Crippen LogP contribution in [0.2, 0.25) is 0 Å². The quantitative estimate of drug-likeness (QED) is 0.784. The summed E-state index contributed by atoms with van der Waals surface area (Å²) in [6.07, 6.45) is 1.71. The minimum atomic E-state index is -0.686. The van der Waals surface area contributed by atoms with Crippen LogP contribution in [-0.2, 0) is 11.3 Å². The van der Waals surface area contributed by atoms with Crippen molar-refractivity contribution < 1.29 is 4.79 Å². The maximum absolute atomic E-state index is 12.5. The van der Waals surface area contributed by atoms with Crippen LogP contribution in [0, 0.1) is 11.8 Å². The van der Waals surface area contributed by atoms with Gasteiger partial charge in [0.1, 0.15) is 4.87 Å². The Morgan fingerprint density at radius 1 is 1.32 bits per heavy atom. The number of fused-ring (bicyclic) bond motifs is 1. The standard InChI is InChI=1S/C15H17Cl2NO/c16-8-12-6-13-10-18(14(19)15(13,17)7-12)9-11-4-2-1-3-5-11/h1-5,12-13H,6-10H2. The van der Waals surface area contributed by atoms with Crippen LogP contribution in [-0.4, -0.2) is 28.1 Å². The zero-order chi connectivity index (χ0) is 13.5. The van der Waals surface area contributed by atoms with Crippen molar-refractivity contribution in [2.24, 2.45) is 11.8 Å². The number of benzene rings is 1. The van der Waals surface area contributed by atoms with Crippen LogP contribution in [0.4, 0.5) is 0 Å². The van der Waals surface area contributed by atoms with E-state index in [2.05, 4.69) is 0 Å². The number of hydrogen-bond donors (Lipinski definition) is 0. The fraction of sp³-hybridized carbons (Fsp3) is 0.533. The number of alkyl halides is 2. The number of nitrogens with zero attached hydrogens (tertiary/aromatic N) is 1. The fourth-order valence-electron chi connectivity index (χ4n) is 3.41. The van der Waals surface area contributed by atoms with Crippen LogP contribution in [0.25, 0.3) is 0 Å². The van der Waals surface area contributed by atoms with E-state index in [9.17, 15) is 4.79 Å². The lowest BCUT2D eigenvalue weighted by atomic mass is 9.99. The van der Waals surface area contributed by atoms with Gasteiger partial charge in [-0.05, 0) is 24.3 Å². The van der Waals surface area contributed by atoms with Crippen molar-refractivity contribution >= 4 is 29.1 Å². The Morgan fingerprint density at radius 2 is 2.05 bits per heavy atom. The van der Waals surface area contributed by atoms with E-state index >= 15 is 0 Å². The van der Waals surface area contributed by atoms with Gasteiger partial charge in [-0.1, -0.05) is 30.3 Å². The molecule has 4 heteroatoms. The molecule has 2 fully saturated rings. The molecule has 2 aliphatic rings. The monoisotopic (exact) mass is 297 g/mol. The number of carbonyl (C=O) groups excluding carboxylic acids is 1. The van der Waals surface area contributed by atoms with Gasteiger partial charge in [-0.2, -0.15) is 0 Å². The summed E-state index contributed by atoms with van der Waals surface area (Å²) in [5.74, 6) is 1.36. The minimum Gasteiger partial charge on any atom is -0.336 e. The van der Waals surface area contributed by atoms with E-state index in [-0.39, 0.29) is 11.8 Å². The van der Waals surface area contributed by atoms with Crippen molar-refractivity contribution in [3.05, 3.63) is 35.9 Å². The molecule has 3 rings (SSSR count). The molecule has 19 heavy (non-hydrogen) atoms. The van der Waals surface area contributed by atoms with Gasteiger partial charge in [0.05, 0.1) is 0 Å². The molecular weight excluding hydrogens is 281 g/mol. The third-order valence-electron chi connectivity index (χ3n) is 4.37. The molecule has 0 aromatic heterocycles. The van der Waals surface area contributed by atoms with Crippen molar-refractivity contribution in [3.8, 4) is 0 Å². The summed E-state index contributed by atoms with van der Waals surface area (Å²) in [5, 5.41) is 0. The smallest absolute Gasteiger partial charge is 0.244 e. The van der Waals surface area contributed by atoms with Gasteiger partial charge in [-0.15, -0.1) is 23.2 Å². The van der Waals surface area contributed by atoms with Crippen molar-refractivity contribution in [1.82, 2.24) is 4.90 Å². The molecule has 0 spiro atoms. The van der Waals surface area contributed by atoms with Crippen LogP contribution in [0.3, 0.4) is 0 Å². The summed E-state index contributed by atoms with van der Waals surface area (Å²) in [7, 11) is 0. The zero-order valence-corrected chi connectivity index (χ0v) is 12.2. The lowest BCUT2D eigenvalue weighted by Gasteiger charge is -2.21. The minimum absolute atomic E-state index is 0.0932. The maximum atomic E-state index is 12.5. The molecule has 1 saturated carbocycles. The van der Waals surface area contributed by atoms with Crippen molar-refractivity contribution in [3.63, 3.8) is 0 Å². The summed E-state index contributed by atoms with van der Waals surface area (Å²) >= 11 is 12.5. The van der Waals surface area contributed by atoms with Gasteiger partial charge in [0.15, 0.2) is 0 Å². The predicted octanol–water partition coefficient (Wildman–Crippen LogP) is 3.27. The van der Waals surface area contributed by atoms with E-state index < -0.39 is 4.87 Å². The normalized spacial score (nSPS) is 33.8. The van der Waals surface area contributed by atoms with Gasteiger partial charge < -0.3 is 4.90 Å². The number of carbonyl (C=O) groups is 1. The molecule has 3 atom stereocenters. The Morgan fingerprint density at radius 3 is 2.68 bits per heavy atom. The van der Waals surface area contributed by atoms with E-state index in [1.807, 2.05) is 35.2 Å². The number of halogens is 2. The zero-order valence-electron chi connectivity index (χ0n) is 10.7. The molecule has 1 aromatic carbocycles. The predicted molar refractivity (Wildman–Crippen MR) is 77.4 cm³/mol. The molecular formula is C15H17Cl2NO. The fourth-order valence-corrected chi connectivity index (χ4v) is 4.14. The highest BCUT2D eigenvalue weighted by Gasteiger charge is 2.57. The van der Waals surface area contributed by atoms with E-state index in [1.54, 1.807) is 0 Å². The SMILES string of the molecule is O=C1N(Cc2ccccc2)CC2CC(CCl)CC12Cl. The van der Waals surface area contributed by atoms with E-state index in [4.69, 9.17) is 23.2 Å².